The van der Waals surface area contributed by atoms with Gasteiger partial charge in [0.25, 0.3) is 0 Å². The van der Waals surface area contributed by atoms with Crippen molar-refractivity contribution in [2.75, 3.05) is 11.4 Å². The van der Waals surface area contributed by atoms with Gasteiger partial charge in [-0.05, 0) is 42.1 Å². The van der Waals surface area contributed by atoms with E-state index in [1.165, 1.54) is 5.56 Å². The fourth-order valence-electron chi connectivity index (χ4n) is 1.76. The molecule has 0 saturated carbocycles. The summed E-state index contributed by atoms with van der Waals surface area (Å²) in [4.78, 5) is 12.8. The number of hydrogen-bond donors (Lipinski definition) is 0. The van der Waals surface area contributed by atoms with Crippen molar-refractivity contribution in [3.63, 3.8) is 0 Å². The van der Waals surface area contributed by atoms with Gasteiger partial charge in [0.2, 0.25) is 0 Å². The molecule has 0 N–H and O–H groups in total. The zero-order valence-electron chi connectivity index (χ0n) is 7.46. The maximum absolute atomic E-state index is 11.1. The van der Waals surface area contributed by atoms with E-state index in [0.29, 0.717) is 6.54 Å². The standard InChI is InChI=1S/C10H9BrClNO/c11-8-4-1-5-9-7(8)3-2-6-13(9)10(12)14/h1,4-5H,2-3,6H2. The fourth-order valence-corrected chi connectivity index (χ4v) is 2.49. The van der Waals surface area contributed by atoms with E-state index in [4.69, 9.17) is 11.6 Å². The molecule has 74 valence electrons. The number of carbonyl (C=O) groups is 1. The Balaban J connectivity index is 2.49. The molecule has 0 bridgehead atoms. The Kier molecular flexibility index (Phi) is 2.79. The number of fused-ring (bicyclic) bond motifs is 1. The van der Waals surface area contributed by atoms with Gasteiger partial charge in [-0.3, -0.25) is 9.69 Å². The average molecular weight is 275 g/mol. The molecule has 14 heavy (non-hydrogen) atoms. The van der Waals surface area contributed by atoms with Gasteiger partial charge in [-0.25, -0.2) is 0 Å². The third-order valence-electron chi connectivity index (χ3n) is 2.41. The largest absolute Gasteiger partial charge is 0.320 e. The van der Waals surface area contributed by atoms with Crippen molar-refractivity contribution in [1.82, 2.24) is 0 Å². The van der Waals surface area contributed by atoms with Crippen LogP contribution in [0.4, 0.5) is 10.5 Å². The van der Waals surface area contributed by atoms with Crippen molar-refractivity contribution in [2.24, 2.45) is 0 Å². The Morgan fingerprint density at radius 2 is 2.29 bits per heavy atom. The Hall–Kier alpha value is -0.540. The molecular weight excluding hydrogens is 265 g/mol. The van der Waals surface area contributed by atoms with E-state index in [2.05, 4.69) is 15.9 Å². The van der Waals surface area contributed by atoms with Gasteiger partial charge in [-0.1, -0.05) is 22.0 Å². The zero-order valence-corrected chi connectivity index (χ0v) is 9.81. The number of nitrogens with zero attached hydrogens (tertiary/aromatic N) is 1. The molecule has 0 radical (unpaired) electrons. The van der Waals surface area contributed by atoms with Gasteiger partial charge in [0, 0.05) is 16.7 Å². The first-order valence-electron chi connectivity index (χ1n) is 4.44. The normalized spacial score (nSPS) is 15.1. The molecular formula is C10H9BrClNO. The van der Waals surface area contributed by atoms with Crippen molar-refractivity contribution in [1.29, 1.82) is 0 Å². The molecule has 0 aliphatic carbocycles. The van der Waals surface area contributed by atoms with Crippen LogP contribution in [-0.4, -0.2) is 11.9 Å². The number of carbonyl (C=O) groups excluding carboxylic acids is 1. The molecule has 1 heterocycles. The van der Waals surface area contributed by atoms with Crippen LogP contribution in [-0.2, 0) is 6.42 Å². The molecule has 1 aromatic carbocycles. The van der Waals surface area contributed by atoms with Crippen molar-refractivity contribution < 1.29 is 4.79 Å². The predicted molar refractivity (Wildman–Crippen MR) is 61.1 cm³/mol. The highest BCUT2D eigenvalue weighted by Crippen LogP contribution is 2.33. The third-order valence-corrected chi connectivity index (χ3v) is 3.35. The minimum atomic E-state index is -0.399. The van der Waals surface area contributed by atoms with Crippen LogP contribution in [0.1, 0.15) is 12.0 Å². The van der Waals surface area contributed by atoms with Gasteiger partial charge in [-0.2, -0.15) is 0 Å². The summed E-state index contributed by atoms with van der Waals surface area (Å²) in [5.41, 5.74) is 2.11. The first-order valence-corrected chi connectivity index (χ1v) is 5.61. The summed E-state index contributed by atoms with van der Waals surface area (Å²) in [6.07, 6.45) is 1.96. The highest BCUT2D eigenvalue weighted by atomic mass is 79.9. The van der Waals surface area contributed by atoms with E-state index in [9.17, 15) is 4.79 Å². The smallest absolute Gasteiger partial charge is 0.299 e. The quantitative estimate of drug-likeness (QED) is 0.523. The SMILES string of the molecule is O=C(Cl)N1CCCc2c(Br)cccc21. The fraction of sp³-hybridized carbons (Fsp3) is 0.300. The molecule has 1 amide bonds. The van der Waals surface area contributed by atoms with Crippen LogP contribution in [0.3, 0.4) is 0 Å². The summed E-state index contributed by atoms with van der Waals surface area (Å²) in [7, 11) is 0. The van der Waals surface area contributed by atoms with Crippen LogP contribution in [0, 0.1) is 0 Å². The zero-order chi connectivity index (χ0) is 10.1. The topological polar surface area (TPSA) is 20.3 Å². The lowest BCUT2D eigenvalue weighted by Crippen LogP contribution is -2.31. The number of anilines is 1. The molecule has 0 saturated heterocycles. The molecule has 0 aromatic heterocycles. The molecule has 0 atom stereocenters. The van der Waals surface area contributed by atoms with E-state index in [-0.39, 0.29) is 0 Å². The summed E-state index contributed by atoms with van der Waals surface area (Å²) in [6, 6.07) is 5.83. The molecule has 2 rings (SSSR count). The number of hydrogen-bond acceptors (Lipinski definition) is 1. The first kappa shape index (κ1) is 9.99. The average Bonchev–Trinajstić information content (AvgIpc) is 2.17. The molecule has 0 spiro atoms. The second kappa shape index (κ2) is 3.91. The van der Waals surface area contributed by atoms with Gasteiger partial charge >= 0.3 is 5.37 Å². The summed E-state index contributed by atoms with van der Waals surface area (Å²) >= 11 is 8.99. The minimum Gasteiger partial charge on any atom is -0.299 e. The van der Waals surface area contributed by atoms with E-state index >= 15 is 0 Å². The van der Waals surface area contributed by atoms with Crippen LogP contribution in [0.25, 0.3) is 0 Å². The summed E-state index contributed by atoms with van der Waals surface area (Å²) in [6.45, 7) is 0.714. The van der Waals surface area contributed by atoms with Crippen molar-refractivity contribution in [3.05, 3.63) is 28.2 Å². The highest BCUT2D eigenvalue weighted by molar-refractivity contribution is 9.10. The van der Waals surface area contributed by atoms with Crippen molar-refractivity contribution in [3.8, 4) is 0 Å². The lowest BCUT2D eigenvalue weighted by atomic mass is 10.0. The Morgan fingerprint density at radius 3 is 3.00 bits per heavy atom. The van der Waals surface area contributed by atoms with Gasteiger partial charge < -0.3 is 0 Å². The van der Waals surface area contributed by atoms with Gasteiger partial charge in [0.05, 0.1) is 0 Å². The minimum absolute atomic E-state index is 0.399. The molecule has 1 aliphatic heterocycles. The molecule has 2 nitrogen and oxygen atoms in total. The van der Waals surface area contributed by atoms with Crippen LogP contribution in [0.5, 0.6) is 0 Å². The Labute approximate surface area is 96.0 Å². The van der Waals surface area contributed by atoms with Crippen molar-refractivity contribution in [2.45, 2.75) is 12.8 Å². The lowest BCUT2D eigenvalue weighted by molar-refractivity contribution is 0.263. The third kappa shape index (κ3) is 1.66. The summed E-state index contributed by atoms with van der Waals surface area (Å²) in [5.74, 6) is 0. The molecule has 4 heteroatoms. The maximum Gasteiger partial charge on any atom is 0.320 e. The molecule has 0 unspecified atom stereocenters. The second-order valence-corrected chi connectivity index (χ2v) is 4.42. The van der Waals surface area contributed by atoms with E-state index in [0.717, 1.165) is 23.0 Å². The second-order valence-electron chi connectivity index (χ2n) is 3.25. The summed E-state index contributed by atoms with van der Waals surface area (Å²) in [5, 5.41) is -0.399. The summed E-state index contributed by atoms with van der Waals surface area (Å²) < 4.78 is 1.05. The van der Waals surface area contributed by atoms with Crippen LogP contribution in [0.15, 0.2) is 22.7 Å². The number of halogens is 2. The molecule has 1 aliphatic rings. The van der Waals surface area contributed by atoms with E-state index in [1.54, 1.807) is 4.90 Å². The number of benzene rings is 1. The predicted octanol–water partition coefficient (Wildman–Crippen LogP) is 3.56. The van der Waals surface area contributed by atoms with Crippen LogP contribution >= 0.6 is 27.5 Å². The molecule has 1 aromatic rings. The first-order chi connectivity index (χ1) is 6.70. The van der Waals surface area contributed by atoms with Crippen molar-refractivity contribution >= 4 is 38.6 Å². The highest BCUT2D eigenvalue weighted by Gasteiger charge is 2.22. The lowest BCUT2D eigenvalue weighted by Gasteiger charge is -2.28. The Bertz CT molecular complexity index is 380. The van der Waals surface area contributed by atoms with E-state index < -0.39 is 5.37 Å². The van der Waals surface area contributed by atoms with E-state index in [1.807, 2.05) is 18.2 Å². The monoisotopic (exact) mass is 273 g/mol. The Morgan fingerprint density at radius 1 is 1.50 bits per heavy atom. The molecule has 0 fully saturated rings. The number of rotatable bonds is 0. The van der Waals surface area contributed by atoms with Crippen LogP contribution in [0.2, 0.25) is 0 Å². The maximum atomic E-state index is 11.1. The van der Waals surface area contributed by atoms with Crippen LogP contribution < -0.4 is 4.90 Å². The van der Waals surface area contributed by atoms with Gasteiger partial charge in [0.1, 0.15) is 0 Å². The number of amides is 1. The van der Waals surface area contributed by atoms with Gasteiger partial charge in [-0.15, -0.1) is 0 Å². The van der Waals surface area contributed by atoms with Gasteiger partial charge in [0.15, 0.2) is 0 Å².